The van der Waals surface area contributed by atoms with Crippen LogP contribution in [0.15, 0.2) is 0 Å². The molecule has 22 heavy (non-hydrogen) atoms. The maximum absolute atomic E-state index is 2.55. The van der Waals surface area contributed by atoms with Gasteiger partial charge in [-0.1, -0.05) is 110 Å². The van der Waals surface area contributed by atoms with Crippen molar-refractivity contribution in [3.8, 4) is 0 Å². The Morgan fingerprint density at radius 3 is 1.41 bits per heavy atom. The van der Waals surface area contributed by atoms with Crippen LogP contribution in [0.25, 0.3) is 0 Å². The molecular formula is C20H44SSi. The number of rotatable bonds is 17. The quantitative estimate of drug-likeness (QED) is 0.189. The van der Waals surface area contributed by atoms with Gasteiger partial charge in [-0.3, -0.25) is 0 Å². The highest BCUT2D eigenvalue weighted by Gasteiger charge is 2.16. The van der Waals surface area contributed by atoms with Crippen LogP contribution in [0, 0.1) is 0 Å². The first kappa shape index (κ1) is 22.6. The SMILES string of the molecule is CCSCCCCCCCCCCCCCC[Si](C)(C)CC. The lowest BCUT2D eigenvalue weighted by atomic mass is 10.1. The Morgan fingerprint density at radius 2 is 1.00 bits per heavy atom. The largest absolute Gasteiger partial charge is 0.162 e. The lowest BCUT2D eigenvalue weighted by Crippen LogP contribution is -2.22. The summed E-state index contributed by atoms with van der Waals surface area (Å²) in [6.07, 6.45) is 17.8. The minimum atomic E-state index is -0.784. The minimum Gasteiger partial charge on any atom is -0.162 e. The van der Waals surface area contributed by atoms with Crippen molar-refractivity contribution in [2.45, 2.75) is 116 Å². The van der Waals surface area contributed by atoms with Crippen molar-refractivity contribution >= 4 is 19.8 Å². The van der Waals surface area contributed by atoms with Crippen LogP contribution in [-0.2, 0) is 0 Å². The van der Waals surface area contributed by atoms with E-state index in [4.69, 9.17) is 0 Å². The highest BCUT2D eigenvalue weighted by atomic mass is 32.2. The van der Waals surface area contributed by atoms with E-state index < -0.39 is 8.07 Å². The van der Waals surface area contributed by atoms with Gasteiger partial charge in [-0.15, -0.1) is 0 Å². The summed E-state index contributed by atoms with van der Waals surface area (Å²) in [5.41, 5.74) is 0. The average Bonchev–Trinajstić information content (AvgIpc) is 2.51. The fourth-order valence-corrected chi connectivity index (χ4v) is 5.15. The zero-order chi connectivity index (χ0) is 16.5. The van der Waals surface area contributed by atoms with Gasteiger partial charge in [-0.25, -0.2) is 0 Å². The maximum Gasteiger partial charge on any atom is 0.0471 e. The van der Waals surface area contributed by atoms with Crippen molar-refractivity contribution in [2.75, 3.05) is 11.5 Å². The zero-order valence-corrected chi connectivity index (χ0v) is 18.0. The Morgan fingerprint density at radius 1 is 0.591 bits per heavy atom. The smallest absolute Gasteiger partial charge is 0.0471 e. The number of thioether (sulfide) groups is 1. The van der Waals surface area contributed by atoms with Crippen LogP contribution >= 0.6 is 11.8 Å². The van der Waals surface area contributed by atoms with Crippen LogP contribution in [0.5, 0.6) is 0 Å². The van der Waals surface area contributed by atoms with E-state index in [9.17, 15) is 0 Å². The predicted octanol–water partition coefficient (Wildman–Crippen LogP) is 8.15. The molecular weight excluding hydrogens is 300 g/mol. The van der Waals surface area contributed by atoms with Crippen molar-refractivity contribution in [3.05, 3.63) is 0 Å². The Labute approximate surface area is 147 Å². The highest BCUT2D eigenvalue weighted by molar-refractivity contribution is 7.99. The van der Waals surface area contributed by atoms with Crippen LogP contribution in [0.1, 0.15) is 90.9 Å². The third-order valence-corrected chi connectivity index (χ3v) is 9.66. The first-order valence-corrected chi connectivity index (χ1v) is 14.8. The van der Waals surface area contributed by atoms with E-state index >= 15 is 0 Å². The molecule has 0 aromatic rings. The van der Waals surface area contributed by atoms with Gasteiger partial charge in [-0.05, 0) is 17.9 Å². The molecule has 0 aliphatic rings. The Bertz CT molecular complexity index is 216. The van der Waals surface area contributed by atoms with E-state index in [0.29, 0.717) is 0 Å². The van der Waals surface area contributed by atoms with Crippen LogP contribution in [0.2, 0.25) is 25.2 Å². The van der Waals surface area contributed by atoms with E-state index in [1.807, 2.05) is 0 Å². The molecule has 0 N–H and O–H groups in total. The molecule has 0 unspecified atom stereocenters. The number of hydrogen-bond acceptors (Lipinski definition) is 1. The summed E-state index contributed by atoms with van der Waals surface area (Å²) in [6.45, 7) is 9.75. The van der Waals surface area contributed by atoms with Gasteiger partial charge in [0.1, 0.15) is 0 Å². The van der Waals surface area contributed by atoms with E-state index in [1.165, 1.54) is 94.6 Å². The van der Waals surface area contributed by atoms with Gasteiger partial charge in [0.15, 0.2) is 0 Å². The van der Waals surface area contributed by atoms with E-state index in [2.05, 4.69) is 38.7 Å². The molecule has 0 saturated carbocycles. The van der Waals surface area contributed by atoms with Crippen molar-refractivity contribution in [2.24, 2.45) is 0 Å². The second-order valence-corrected chi connectivity index (χ2v) is 14.6. The number of unbranched alkanes of at least 4 members (excludes halogenated alkanes) is 11. The monoisotopic (exact) mass is 344 g/mol. The molecule has 0 aromatic heterocycles. The van der Waals surface area contributed by atoms with E-state index in [0.717, 1.165) is 0 Å². The van der Waals surface area contributed by atoms with Crippen LogP contribution < -0.4 is 0 Å². The molecule has 0 heterocycles. The van der Waals surface area contributed by atoms with Crippen molar-refractivity contribution in [3.63, 3.8) is 0 Å². The summed E-state index contributed by atoms with van der Waals surface area (Å²) >= 11 is 2.10. The summed E-state index contributed by atoms with van der Waals surface area (Å²) in [5.74, 6) is 2.67. The normalized spacial score (nSPS) is 12.0. The molecule has 0 aliphatic heterocycles. The summed E-state index contributed by atoms with van der Waals surface area (Å²) in [6, 6.07) is 3.02. The summed E-state index contributed by atoms with van der Waals surface area (Å²) in [7, 11) is -0.784. The highest BCUT2D eigenvalue weighted by Crippen LogP contribution is 2.19. The van der Waals surface area contributed by atoms with Gasteiger partial charge >= 0.3 is 0 Å². The summed E-state index contributed by atoms with van der Waals surface area (Å²) in [5, 5.41) is 0. The van der Waals surface area contributed by atoms with E-state index in [1.54, 1.807) is 6.04 Å². The number of hydrogen-bond donors (Lipinski definition) is 0. The van der Waals surface area contributed by atoms with Crippen LogP contribution in [-0.4, -0.2) is 19.6 Å². The van der Waals surface area contributed by atoms with Crippen molar-refractivity contribution in [1.82, 2.24) is 0 Å². The summed E-state index contributed by atoms with van der Waals surface area (Å²) in [4.78, 5) is 0. The van der Waals surface area contributed by atoms with Gasteiger partial charge < -0.3 is 0 Å². The van der Waals surface area contributed by atoms with Gasteiger partial charge in [-0.2, -0.15) is 11.8 Å². The molecule has 0 radical (unpaired) electrons. The van der Waals surface area contributed by atoms with Gasteiger partial charge in [0.2, 0.25) is 0 Å². The van der Waals surface area contributed by atoms with Gasteiger partial charge in [0.25, 0.3) is 0 Å². The van der Waals surface area contributed by atoms with Crippen LogP contribution in [0.3, 0.4) is 0 Å². The first-order valence-electron chi connectivity index (χ1n) is 10.2. The molecule has 0 nitrogen and oxygen atoms in total. The van der Waals surface area contributed by atoms with E-state index in [-0.39, 0.29) is 0 Å². The van der Waals surface area contributed by atoms with Crippen LogP contribution in [0.4, 0.5) is 0 Å². The molecule has 0 amide bonds. The Hall–Kier alpha value is 0.567. The lowest BCUT2D eigenvalue weighted by Gasteiger charge is -2.19. The molecule has 0 aliphatic carbocycles. The van der Waals surface area contributed by atoms with Gasteiger partial charge in [0.05, 0.1) is 0 Å². The Kier molecular flexibility index (Phi) is 16.8. The minimum absolute atomic E-state index is 0.784. The van der Waals surface area contributed by atoms with Crippen molar-refractivity contribution in [1.29, 1.82) is 0 Å². The average molecular weight is 345 g/mol. The second kappa shape index (κ2) is 16.4. The fourth-order valence-electron chi connectivity index (χ4n) is 2.90. The molecule has 0 saturated heterocycles. The third-order valence-electron chi connectivity index (χ3n) is 5.05. The predicted molar refractivity (Wildman–Crippen MR) is 111 cm³/mol. The fraction of sp³-hybridized carbons (Fsp3) is 1.00. The van der Waals surface area contributed by atoms with Gasteiger partial charge in [0, 0.05) is 8.07 Å². The molecule has 134 valence electrons. The molecule has 0 fully saturated rings. The second-order valence-electron chi connectivity index (χ2n) is 7.71. The maximum atomic E-state index is 2.55. The molecule has 0 rings (SSSR count). The topological polar surface area (TPSA) is 0 Å². The summed E-state index contributed by atoms with van der Waals surface area (Å²) < 4.78 is 0. The molecule has 0 aromatic carbocycles. The molecule has 0 spiro atoms. The molecule has 2 heteroatoms. The zero-order valence-electron chi connectivity index (χ0n) is 16.2. The van der Waals surface area contributed by atoms with Crippen molar-refractivity contribution < 1.29 is 0 Å². The standard InChI is InChI=1S/C20H44SSi/c1-5-21-19-17-15-13-11-9-7-8-10-12-14-16-18-20-22(3,4)6-2/h5-20H2,1-4H3. The lowest BCUT2D eigenvalue weighted by molar-refractivity contribution is 0.548. The Balaban J connectivity index is 3.06. The first-order chi connectivity index (χ1) is 10.6. The molecule has 0 bridgehead atoms. The third kappa shape index (κ3) is 16.9. The molecule has 0 atom stereocenters.